The minimum absolute atomic E-state index is 0.0253. The van der Waals surface area contributed by atoms with Gasteiger partial charge in [-0.1, -0.05) is 49.6 Å². The first-order chi connectivity index (χ1) is 15.9. The molecule has 0 radical (unpaired) electrons. The lowest BCUT2D eigenvalue weighted by atomic mass is 9.89. The molecule has 5 N–H and O–H groups in total. The number of aromatic hydroxyl groups is 1. The van der Waals surface area contributed by atoms with Crippen LogP contribution in [0.4, 0.5) is 0 Å². The average molecular weight is 455 g/mol. The quantitative estimate of drug-likeness (QED) is 0.358. The lowest BCUT2D eigenvalue weighted by Gasteiger charge is -2.21. The van der Waals surface area contributed by atoms with E-state index in [-0.39, 0.29) is 24.3 Å². The van der Waals surface area contributed by atoms with E-state index < -0.39 is 6.10 Å². The van der Waals surface area contributed by atoms with Gasteiger partial charge in [0.05, 0.1) is 19.1 Å². The highest BCUT2D eigenvalue weighted by molar-refractivity contribution is 5.78. The van der Waals surface area contributed by atoms with Gasteiger partial charge in [-0.25, -0.2) is 0 Å². The van der Waals surface area contributed by atoms with Gasteiger partial charge in [0.15, 0.2) is 0 Å². The third kappa shape index (κ3) is 8.14. The molecule has 1 amide bonds. The molecule has 6 nitrogen and oxygen atoms in total. The van der Waals surface area contributed by atoms with Crippen LogP contribution in [-0.4, -0.2) is 40.4 Å². The van der Waals surface area contributed by atoms with E-state index in [2.05, 4.69) is 29.7 Å². The van der Waals surface area contributed by atoms with E-state index in [0.717, 1.165) is 24.1 Å². The van der Waals surface area contributed by atoms with Crippen molar-refractivity contribution in [2.45, 2.75) is 70.6 Å². The minimum Gasteiger partial charge on any atom is -0.508 e. The molecule has 180 valence electrons. The molecule has 1 fully saturated rings. The van der Waals surface area contributed by atoms with Crippen molar-refractivity contribution in [3.8, 4) is 5.75 Å². The van der Waals surface area contributed by atoms with E-state index in [9.17, 15) is 20.1 Å². The lowest BCUT2D eigenvalue weighted by Crippen LogP contribution is -2.32. The van der Waals surface area contributed by atoms with Crippen molar-refractivity contribution in [2.24, 2.45) is 5.92 Å². The number of aliphatic hydroxyl groups is 2. The zero-order chi connectivity index (χ0) is 23.6. The van der Waals surface area contributed by atoms with Crippen LogP contribution < -0.4 is 10.6 Å². The number of hydrogen-bond acceptors (Lipinski definition) is 5. The Morgan fingerprint density at radius 3 is 2.61 bits per heavy atom. The summed E-state index contributed by atoms with van der Waals surface area (Å²) in [5.41, 5.74) is 3.22. The number of aliphatic hydroxyl groups excluding tert-OH is 2. The number of carbonyl (C=O) groups is 1. The first-order valence-electron chi connectivity index (χ1n) is 12.1. The van der Waals surface area contributed by atoms with E-state index in [1.165, 1.54) is 38.2 Å². The van der Waals surface area contributed by atoms with Crippen LogP contribution in [0.15, 0.2) is 42.5 Å². The average Bonchev–Trinajstić information content (AvgIpc) is 2.82. The molecule has 0 aromatic heterocycles. The van der Waals surface area contributed by atoms with Gasteiger partial charge in [-0.3, -0.25) is 4.79 Å². The largest absolute Gasteiger partial charge is 0.508 e. The highest BCUT2D eigenvalue weighted by Gasteiger charge is 2.15. The van der Waals surface area contributed by atoms with Crippen molar-refractivity contribution in [3.05, 3.63) is 64.7 Å². The first-order valence-corrected chi connectivity index (χ1v) is 12.1. The van der Waals surface area contributed by atoms with Crippen LogP contribution in [-0.2, 0) is 24.2 Å². The molecule has 2 aromatic carbocycles. The molecule has 1 aliphatic carbocycles. The molecular weight excluding hydrogens is 416 g/mol. The van der Waals surface area contributed by atoms with Crippen molar-refractivity contribution in [2.75, 3.05) is 13.1 Å². The normalized spacial score (nSPS) is 16.3. The maximum absolute atomic E-state index is 12.4. The third-order valence-corrected chi connectivity index (χ3v) is 6.53. The van der Waals surface area contributed by atoms with E-state index >= 15 is 0 Å². The molecule has 2 atom stereocenters. The van der Waals surface area contributed by atoms with Crippen molar-refractivity contribution in [3.63, 3.8) is 0 Å². The zero-order valence-corrected chi connectivity index (χ0v) is 19.6. The van der Waals surface area contributed by atoms with Crippen molar-refractivity contribution in [1.82, 2.24) is 10.6 Å². The van der Waals surface area contributed by atoms with Gasteiger partial charge in [0.1, 0.15) is 5.75 Å². The summed E-state index contributed by atoms with van der Waals surface area (Å²) in [5, 5.41) is 35.9. The number of benzene rings is 2. The van der Waals surface area contributed by atoms with E-state index in [1.54, 1.807) is 12.1 Å². The monoisotopic (exact) mass is 454 g/mol. The smallest absolute Gasteiger partial charge is 0.224 e. The van der Waals surface area contributed by atoms with Gasteiger partial charge < -0.3 is 26.0 Å². The summed E-state index contributed by atoms with van der Waals surface area (Å²) in [4.78, 5) is 12.4. The Bertz CT molecular complexity index is 895. The molecule has 2 aromatic rings. The van der Waals surface area contributed by atoms with Gasteiger partial charge in [-0.05, 0) is 60.9 Å². The Morgan fingerprint density at radius 2 is 1.85 bits per heavy atom. The summed E-state index contributed by atoms with van der Waals surface area (Å²) in [6.07, 6.45) is 6.78. The standard InChI is InChI=1S/C27H38N2O4/c1-19(28-17-26(32)23-10-11-25(31)24(15-23)18-30)12-21-8-5-9-22(13-21)14-27(33)29-16-20-6-3-2-4-7-20/h5,8-11,13,15,19-20,26,28,30-32H,2-4,6-7,12,14,16-18H2,1H3,(H,29,33)/t19-,26-/m1/s1. The fraction of sp³-hybridized carbons (Fsp3) is 0.519. The fourth-order valence-corrected chi connectivity index (χ4v) is 4.56. The van der Waals surface area contributed by atoms with Gasteiger partial charge in [-0.15, -0.1) is 0 Å². The zero-order valence-electron chi connectivity index (χ0n) is 19.6. The maximum atomic E-state index is 12.4. The van der Waals surface area contributed by atoms with Crippen LogP contribution in [0.2, 0.25) is 0 Å². The number of rotatable bonds is 11. The Hall–Kier alpha value is -2.41. The minimum atomic E-state index is -0.738. The number of hydrogen-bond donors (Lipinski definition) is 5. The second kappa shape index (κ2) is 12.7. The van der Waals surface area contributed by atoms with Crippen LogP contribution >= 0.6 is 0 Å². The summed E-state index contributed by atoms with van der Waals surface area (Å²) in [6.45, 7) is 2.94. The Labute approximate surface area is 197 Å². The van der Waals surface area contributed by atoms with Gasteiger partial charge in [0.25, 0.3) is 0 Å². The molecule has 0 bridgehead atoms. The van der Waals surface area contributed by atoms with Crippen LogP contribution in [0.25, 0.3) is 0 Å². The first kappa shape index (κ1) is 25.2. The van der Waals surface area contributed by atoms with Crippen molar-refractivity contribution < 1.29 is 20.1 Å². The molecule has 6 heteroatoms. The Balaban J connectivity index is 1.44. The van der Waals surface area contributed by atoms with Gasteiger partial charge in [0, 0.05) is 24.7 Å². The predicted molar refractivity (Wildman–Crippen MR) is 130 cm³/mol. The number of nitrogens with one attached hydrogen (secondary N) is 2. The molecule has 0 unspecified atom stereocenters. The summed E-state index contributed by atoms with van der Waals surface area (Å²) in [7, 11) is 0. The molecule has 1 aliphatic rings. The van der Waals surface area contributed by atoms with Crippen molar-refractivity contribution >= 4 is 5.91 Å². The van der Waals surface area contributed by atoms with Gasteiger partial charge in [-0.2, -0.15) is 0 Å². The Kier molecular flexibility index (Phi) is 9.73. The van der Waals surface area contributed by atoms with Crippen molar-refractivity contribution in [1.29, 1.82) is 0 Å². The molecule has 0 heterocycles. The number of phenols is 1. The molecule has 0 spiro atoms. The summed E-state index contributed by atoms with van der Waals surface area (Å²) in [6, 6.07) is 13.0. The molecule has 33 heavy (non-hydrogen) atoms. The molecule has 3 rings (SSSR count). The summed E-state index contributed by atoms with van der Waals surface area (Å²) in [5.74, 6) is 0.744. The van der Waals surface area contributed by atoms with E-state index in [1.807, 2.05) is 12.1 Å². The highest BCUT2D eigenvalue weighted by atomic mass is 16.3. The third-order valence-electron chi connectivity index (χ3n) is 6.53. The predicted octanol–water partition coefficient (Wildman–Crippen LogP) is 3.38. The molecule has 0 aliphatic heterocycles. The molecule has 0 saturated heterocycles. The summed E-state index contributed by atoms with van der Waals surface area (Å²) < 4.78 is 0. The maximum Gasteiger partial charge on any atom is 0.224 e. The van der Waals surface area contributed by atoms with Crippen LogP contribution in [0.3, 0.4) is 0 Å². The van der Waals surface area contributed by atoms with Gasteiger partial charge in [0.2, 0.25) is 5.91 Å². The SMILES string of the molecule is C[C@H](Cc1cccc(CC(=O)NCC2CCCCC2)c1)NC[C@@H](O)c1ccc(O)c(CO)c1. The van der Waals surface area contributed by atoms with Crippen LogP contribution in [0.1, 0.15) is 67.4 Å². The molecular formula is C27H38N2O4. The van der Waals surface area contributed by atoms with Gasteiger partial charge >= 0.3 is 0 Å². The second-order valence-electron chi connectivity index (χ2n) is 9.38. The Morgan fingerprint density at radius 1 is 1.09 bits per heavy atom. The number of amides is 1. The molecule has 1 saturated carbocycles. The van der Waals surface area contributed by atoms with E-state index in [4.69, 9.17) is 0 Å². The lowest BCUT2D eigenvalue weighted by molar-refractivity contribution is -0.120. The highest BCUT2D eigenvalue weighted by Crippen LogP contribution is 2.23. The fourth-order valence-electron chi connectivity index (χ4n) is 4.56. The van der Waals surface area contributed by atoms with Crippen LogP contribution in [0, 0.1) is 5.92 Å². The second-order valence-corrected chi connectivity index (χ2v) is 9.38. The van der Waals surface area contributed by atoms with Crippen LogP contribution in [0.5, 0.6) is 5.75 Å². The summed E-state index contributed by atoms with van der Waals surface area (Å²) >= 11 is 0. The number of carbonyl (C=O) groups excluding carboxylic acids is 1. The van der Waals surface area contributed by atoms with E-state index in [0.29, 0.717) is 30.0 Å². The topological polar surface area (TPSA) is 102 Å².